The first kappa shape index (κ1) is 22.1. The Kier molecular flexibility index (Phi) is 6.61. The van der Waals surface area contributed by atoms with Crippen LogP contribution in [0.1, 0.15) is 42.6 Å². The molecule has 0 saturated heterocycles. The average molecular weight is 451 g/mol. The zero-order valence-electron chi connectivity index (χ0n) is 18.3. The third kappa shape index (κ3) is 5.02. The van der Waals surface area contributed by atoms with Crippen LogP contribution >= 0.6 is 11.6 Å². The van der Waals surface area contributed by atoms with Crippen molar-refractivity contribution in [3.8, 4) is 11.3 Å². The van der Waals surface area contributed by atoms with Crippen molar-refractivity contribution in [2.45, 2.75) is 39.8 Å². The van der Waals surface area contributed by atoms with Crippen LogP contribution in [0.15, 0.2) is 54.6 Å². The third-order valence-electron chi connectivity index (χ3n) is 5.58. The first-order chi connectivity index (χ1) is 15.4. The van der Waals surface area contributed by atoms with Crippen LogP contribution in [-0.2, 0) is 17.9 Å². The Labute approximate surface area is 193 Å². The summed E-state index contributed by atoms with van der Waals surface area (Å²) in [6.45, 7) is 5.93. The van der Waals surface area contributed by atoms with Crippen LogP contribution in [0.4, 0.5) is 5.82 Å². The van der Waals surface area contributed by atoms with Crippen LogP contribution in [0.3, 0.4) is 0 Å². The molecule has 0 unspecified atom stereocenters. The topological polar surface area (TPSA) is 67.2 Å². The number of rotatable bonds is 7. The van der Waals surface area contributed by atoms with Gasteiger partial charge in [0.15, 0.2) is 0 Å². The molecule has 1 aliphatic rings. The molecule has 32 heavy (non-hydrogen) atoms. The summed E-state index contributed by atoms with van der Waals surface area (Å²) in [6.07, 6.45) is 1.36. The SMILES string of the molecule is CC(C)CCNC(=O)c1ccc(CN2C(=O)CCn3nc(-c4ccc(Cl)cc4)cc32)cc1. The summed E-state index contributed by atoms with van der Waals surface area (Å²) in [6, 6.07) is 16.9. The van der Waals surface area contributed by atoms with E-state index < -0.39 is 0 Å². The second-order valence-corrected chi connectivity index (χ2v) is 8.92. The second kappa shape index (κ2) is 9.57. The molecule has 2 heterocycles. The summed E-state index contributed by atoms with van der Waals surface area (Å²) < 4.78 is 1.88. The molecule has 2 aromatic carbocycles. The fourth-order valence-electron chi connectivity index (χ4n) is 3.70. The fraction of sp³-hybridized carbons (Fsp3) is 0.320. The number of aromatic nitrogens is 2. The highest BCUT2D eigenvalue weighted by Gasteiger charge is 2.26. The molecule has 7 heteroatoms. The molecule has 1 aliphatic heterocycles. The van der Waals surface area contributed by atoms with Gasteiger partial charge in [0.25, 0.3) is 5.91 Å². The number of amides is 2. The van der Waals surface area contributed by atoms with Crippen LogP contribution < -0.4 is 10.2 Å². The summed E-state index contributed by atoms with van der Waals surface area (Å²) >= 11 is 6.00. The van der Waals surface area contributed by atoms with Gasteiger partial charge in [-0.25, -0.2) is 4.68 Å². The lowest BCUT2D eigenvalue weighted by Crippen LogP contribution is -2.36. The number of halogens is 1. The van der Waals surface area contributed by atoms with E-state index in [1.54, 1.807) is 4.90 Å². The Morgan fingerprint density at radius 3 is 2.53 bits per heavy atom. The Hall–Kier alpha value is -3.12. The largest absolute Gasteiger partial charge is 0.352 e. The van der Waals surface area contributed by atoms with E-state index in [9.17, 15) is 9.59 Å². The summed E-state index contributed by atoms with van der Waals surface area (Å²) in [5.41, 5.74) is 3.35. The van der Waals surface area contributed by atoms with Gasteiger partial charge in [0.1, 0.15) is 5.82 Å². The molecule has 166 valence electrons. The molecular weight excluding hydrogens is 424 g/mol. The van der Waals surface area contributed by atoms with Crippen molar-refractivity contribution in [1.29, 1.82) is 0 Å². The summed E-state index contributed by atoms with van der Waals surface area (Å²) in [7, 11) is 0. The minimum absolute atomic E-state index is 0.0653. The number of anilines is 1. The van der Waals surface area contributed by atoms with Crippen molar-refractivity contribution in [3.63, 3.8) is 0 Å². The molecule has 0 atom stereocenters. The lowest BCUT2D eigenvalue weighted by molar-refractivity contribution is -0.119. The summed E-state index contributed by atoms with van der Waals surface area (Å²) in [4.78, 5) is 26.8. The van der Waals surface area contributed by atoms with E-state index in [0.717, 1.165) is 29.1 Å². The Morgan fingerprint density at radius 2 is 1.84 bits per heavy atom. The Balaban J connectivity index is 1.48. The second-order valence-electron chi connectivity index (χ2n) is 8.48. The van der Waals surface area contributed by atoms with Crippen LogP contribution in [-0.4, -0.2) is 28.1 Å². The molecule has 0 radical (unpaired) electrons. The van der Waals surface area contributed by atoms with Crippen molar-refractivity contribution in [2.24, 2.45) is 5.92 Å². The normalized spacial score (nSPS) is 13.4. The van der Waals surface area contributed by atoms with Gasteiger partial charge in [0, 0.05) is 35.2 Å². The third-order valence-corrected chi connectivity index (χ3v) is 5.83. The van der Waals surface area contributed by atoms with Crippen LogP contribution in [0.2, 0.25) is 5.02 Å². The quantitative estimate of drug-likeness (QED) is 0.555. The first-order valence-corrected chi connectivity index (χ1v) is 11.3. The lowest BCUT2D eigenvalue weighted by Gasteiger charge is -2.27. The zero-order valence-corrected chi connectivity index (χ0v) is 19.1. The number of fused-ring (bicyclic) bond motifs is 1. The molecule has 0 bridgehead atoms. The smallest absolute Gasteiger partial charge is 0.251 e. The number of nitrogens with one attached hydrogen (secondary N) is 1. The molecule has 3 aromatic rings. The number of nitrogens with zero attached hydrogens (tertiary/aromatic N) is 3. The molecular formula is C25H27ClN4O2. The van der Waals surface area contributed by atoms with Crippen molar-refractivity contribution in [1.82, 2.24) is 15.1 Å². The molecule has 1 aromatic heterocycles. The number of hydrogen-bond donors (Lipinski definition) is 1. The number of benzene rings is 2. The van der Waals surface area contributed by atoms with Crippen LogP contribution in [0.25, 0.3) is 11.3 Å². The average Bonchev–Trinajstić information content (AvgIpc) is 3.21. The number of carbonyl (C=O) groups excluding carboxylic acids is 2. The first-order valence-electron chi connectivity index (χ1n) is 10.9. The van der Waals surface area contributed by atoms with Gasteiger partial charge in [-0.1, -0.05) is 49.7 Å². The van der Waals surface area contributed by atoms with E-state index in [-0.39, 0.29) is 11.8 Å². The molecule has 0 fully saturated rings. The molecule has 6 nitrogen and oxygen atoms in total. The highest BCUT2D eigenvalue weighted by molar-refractivity contribution is 6.30. The van der Waals surface area contributed by atoms with Gasteiger partial charge in [-0.2, -0.15) is 5.10 Å². The van der Waals surface area contributed by atoms with Crippen LogP contribution in [0.5, 0.6) is 0 Å². The maximum absolute atomic E-state index is 12.7. The summed E-state index contributed by atoms with van der Waals surface area (Å²) in [5.74, 6) is 1.32. The number of aryl methyl sites for hydroxylation is 1. The molecule has 0 aliphatic carbocycles. The van der Waals surface area contributed by atoms with Crippen LogP contribution in [0, 0.1) is 5.92 Å². The monoisotopic (exact) mass is 450 g/mol. The standard InChI is InChI=1S/C25H27ClN4O2/c1-17(2)11-13-27-25(32)20-5-3-18(4-6-20)16-29-23-15-22(19-7-9-21(26)10-8-19)28-30(23)14-12-24(29)31/h3-10,15,17H,11-14,16H2,1-2H3,(H,27,32). The van der Waals surface area contributed by atoms with Crippen molar-refractivity contribution in [3.05, 3.63) is 70.7 Å². The van der Waals surface area contributed by atoms with E-state index in [2.05, 4.69) is 24.3 Å². The van der Waals surface area contributed by atoms with Gasteiger partial charge in [-0.3, -0.25) is 14.5 Å². The van der Waals surface area contributed by atoms with Gasteiger partial charge in [0.05, 0.1) is 18.8 Å². The van der Waals surface area contributed by atoms with Gasteiger partial charge in [-0.15, -0.1) is 0 Å². The van der Waals surface area contributed by atoms with E-state index in [0.29, 0.717) is 42.6 Å². The Bertz CT molecular complexity index is 1100. The van der Waals surface area contributed by atoms with Gasteiger partial charge in [-0.05, 0) is 42.2 Å². The van der Waals surface area contributed by atoms with Gasteiger partial charge in [0.2, 0.25) is 5.91 Å². The lowest BCUT2D eigenvalue weighted by atomic mass is 10.1. The van der Waals surface area contributed by atoms with E-state index in [1.807, 2.05) is 59.3 Å². The molecule has 2 amide bonds. The maximum Gasteiger partial charge on any atom is 0.251 e. The van der Waals surface area contributed by atoms with Crippen molar-refractivity contribution >= 4 is 29.2 Å². The minimum atomic E-state index is -0.0723. The zero-order chi connectivity index (χ0) is 22.7. The maximum atomic E-state index is 12.7. The fourth-order valence-corrected chi connectivity index (χ4v) is 3.83. The molecule has 0 saturated carbocycles. The predicted octanol–water partition coefficient (Wildman–Crippen LogP) is 4.92. The minimum Gasteiger partial charge on any atom is -0.352 e. The van der Waals surface area contributed by atoms with E-state index in [4.69, 9.17) is 11.6 Å². The van der Waals surface area contributed by atoms with E-state index in [1.165, 1.54) is 0 Å². The molecule has 1 N–H and O–H groups in total. The Morgan fingerprint density at radius 1 is 1.12 bits per heavy atom. The van der Waals surface area contributed by atoms with Gasteiger partial charge < -0.3 is 5.32 Å². The van der Waals surface area contributed by atoms with Gasteiger partial charge >= 0.3 is 0 Å². The van der Waals surface area contributed by atoms with Crippen molar-refractivity contribution in [2.75, 3.05) is 11.4 Å². The number of carbonyl (C=O) groups is 2. The molecule has 4 rings (SSSR count). The van der Waals surface area contributed by atoms with Crippen molar-refractivity contribution < 1.29 is 9.59 Å². The molecule has 0 spiro atoms. The highest BCUT2D eigenvalue weighted by atomic mass is 35.5. The van der Waals surface area contributed by atoms with E-state index >= 15 is 0 Å². The number of hydrogen-bond acceptors (Lipinski definition) is 3. The highest BCUT2D eigenvalue weighted by Crippen LogP contribution is 2.29. The summed E-state index contributed by atoms with van der Waals surface area (Å²) in [5, 5.41) is 8.30. The predicted molar refractivity (Wildman–Crippen MR) is 127 cm³/mol.